The van der Waals surface area contributed by atoms with Crippen molar-refractivity contribution in [2.45, 2.75) is 38.3 Å². The van der Waals surface area contributed by atoms with E-state index in [2.05, 4.69) is 27.7 Å². The average molecular weight is 345 g/mol. The van der Waals surface area contributed by atoms with Gasteiger partial charge < -0.3 is 5.32 Å². The molecular weight excluding hydrogens is 322 g/mol. The van der Waals surface area contributed by atoms with Crippen LogP contribution >= 0.6 is 11.3 Å². The highest BCUT2D eigenvalue weighted by Crippen LogP contribution is 2.16. The molecule has 0 spiro atoms. The second-order valence-electron chi connectivity index (χ2n) is 5.69. The molecule has 0 aliphatic carbocycles. The van der Waals surface area contributed by atoms with E-state index in [1.807, 2.05) is 0 Å². The third kappa shape index (κ3) is 6.43. The van der Waals surface area contributed by atoms with Gasteiger partial charge in [0.15, 0.2) is 0 Å². The predicted octanol–water partition coefficient (Wildman–Crippen LogP) is 0.897. The van der Waals surface area contributed by atoms with Crippen molar-refractivity contribution in [1.82, 2.24) is 10.2 Å². The second-order valence-corrected chi connectivity index (χ2v) is 8.46. The Bertz CT molecular complexity index is 572. The molecule has 1 amide bonds. The lowest BCUT2D eigenvalue weighted by molar-refractivity contribution is -0.122. The van der Waals surface area contributed by atoms with Crippen LogP contribution < -0.4 is 10.5 Å². The number of primary sulfonamides is 1. The van der Waals surface area contributed by atoms with Gasteiger partial charge in [-0.1, -0.05) is 6.07 Å². The number of hydrogen-bond acceptors (Lipinski definition) is 5. The van der Waals surface area contributed by atoms with Crippen molar-refractivity contribution in [3.8, 4) is 0 Å². The summed E-state index contributed by atoms with van der Waals surface area (Å²) < 4.78 is 21.7. The fourth-order valence-corrected chi connectivity index (χ4v) is 3.97. The molecule has 3 N–H and O–H groups in total. The van der Waals surface area contributed by atoms with Crippen molar-refractivity contribution in [1.29, 1.82) is 0 Å². The summed E-state index contributed by atoms with van der Waals surface area (Å²) in [5.41, 5.74) is 0. The fourth-order valence-electron chi connectivity index (χ4n) is 2.67. The second kappa shape index (κ2) is 8.05. The zero-order valence-corrected chi connectivity index (χ0v) is 14.2. The van der Waals surface area contributed by atoms with E-state index >= 15 is 0 Å². The van der Waals surface area contributed by atoms with Crippen LogP contribution in [0.5, 0.6) is 0 Å². The lowest BCUT2D eigenvalue weighted by atomic mass is 10.1. The molecule has 1 fully saturated rings. The molecule has 8 heteroatoms. The normalized spacial score (nSPS) is 20.0. The van der Waals surface area contributed by atoms with Crippen LogP contribution in [0.4, 0.5) is 0 Å². The Balaban J connectivity index is 1.71. The number of sulfonamides is 1. The first-order valence-electron chi connectivity index (χ1n) is 7.47. The Labute approximate surface area is 135 Å². The summed E-state index contributed by atoms with van der Waals surface area (Å²) in [5.74, 6) is -0.234. The molecule has 6 nitrogen and oxygen atoms in total. The number of thiophene rings is 1. The molecule has 0 aromatic carbocycles. The van der Waals surface area contributed by atoms with Gasteiger partial charge in [-0.15, -0.1) is 11.3 Å². The molecule has 1 aromatic heterocycles. The van der Waals surface area contributed by atoms with Crippen LogP contribution in [0.2, 0.25) is 0 Å². The van der Waals surface area contributed by atoms with Crippen LogP contribution in [0.3, 0.4) is 0 Å². The number of rotatable bonds is 7. The van der Waals surface area contributed by atoms with Crippen LogP contribution in [-0.4, -0.2) is 44.1 Å². The zero-order chi connectivity index (χ0) is 16.0. The smallest absolute Gasteiger partial charge is 0.220 e. The highest BCUT2D eigenvalue weighted by molar-refractivity contribution is 7.89. The number of nitrogens with two attached hydrogens (primary N) is 1. The molecule has 0 radical (unpaired) electrons. The number of piperidine rings is 1. The van der Waals surface area contributed by atoms with Gasteiger partial charge in [0.1, 0.15) is 0 Å². The van der Waals surface area contributed by atoms with Crippen LogP contribution in [-0.2, 0) is 21.4 Å². The zero-order valence-electron chi connectivity index (χ0n) is 12.5. The van der Waals surface area contributed by atoms with Crippen molar-refractivity contribution in [2.75, 3.05) is 18.8 Å². The van der Waals surface area contributed by atoms with Crippen LogP contribution in [0.25, 0.3) is 0 Å². The van der Waals surface area contributed by atoms with Gasteiger partial charge in [-0.05, 0) is 37.3 Å². The fraction of sp³-hybridized carbons (Fsp3) is 0.643. The van der Waals surface area contributed by atoms with E-state index < -0.39 is 10.0 Å². The number of likely N-dealkylation sites (tertiary alicyclic amines) is 1. The molecule has 1 saturated heterocycles. The van der Waals surface area contributed by atoms with Crippen LogP contribution in [0.1, 0.15) is 30.6 Å². The van der Waals surface area contributed by atoms with Gasteiger partial charge in [-0.2, -0.15) is 0 Å². The lowest BCUT2D eigenvalue weighted by Crippen LogP contribution is -2.47. The van der Waals surface area contributed by atoms with E-state index in [1.54, 1.807) is 11.3 Å². The molecule has 2 heterocycles. The Kier molecular flexibility index (Phi) is 6.37. The summed E-state index contributed by atoms with van der Waals surface area (Å²) in [6.07, 6.45) is 2.52. The summed E-state index contributed by atoms with van der Waals surface area (Å²) in [6, 6.07) is 4.32. The van der Waals surface area contributed by atoms with Gasteiger partial charge in [0.05, 0.1) is 5.75 Å². The quantitative estimate of drug-likeness (QED) is 0.768. The van der Waals surface area contributed by atoms with E-state index in [0.29, 0.717) is 0 Å². The van der Waals surface area contributed by atoms with Gasteiger partial charge in [-0.3, -0.25) is 9.69 Å². The monoisotopic (exact) mass is 345 g/mol. The minimum Gasteiger partial charge on any atom is -0.352 e. The van der Waals surface area contributed by atoms with E-state index in [0.717, 1.165) is 32.5 Å². The standard InChI is InChI=1S/C14H23N3O3S2/c15-22(19,20)9-3-6-14(18)16-12-4-1-7-17(10-12)11-13-5-2-8-21-13/h2,5,8,12H,1,3-4,6-7,9-11H2,(H,16,18)(H2,15,19,20)/t12-/m1/s1. The highest BCUT2D eigenvalue weighted by Gasteiger charge is 2.21. The minimum absolute atomic E-state index is 0.0911. The molecule has 124 valence electrons. The number of nitrogens with one attached hydrogen (secondary N) is 1. The largest absolute Gasteiger partial charge is 0.352 e. The van der Waals surface area contributed by atoms with Crippen molar-refractivity contribution in [2.24, 2.45) is 5.14 Å². The number of nitrogens with zero attached hydrogens (tertiary/aromatic N) is 1. The maximum Gasteiger partial charge on any atom is 0.220 e. The van der Waals surface area contributed by atoms with Crippen molar-refractivity contribution in [3.63, 3.8) is 0 Å². The highest BCUT2D eigenvalue weighted by atomic mass is 32.2. The number of amides is 1. The minimum atomic E-state index is -3.48. The van der Waals surface area contributed by atoms with Crippen molar-refractivity contribution in [3.05, 3.63) is 22.4 Å². The van der Waals surface area contributed by atoms with Gasteiger partial charge >= 0.3 is 0 Å². The third-order valence-corrected chi connectivity index (χ3v) is 5.38. The first-order valence-corrected chi connectivity index (χ1v) is 10.1. The summed E-state index contributed by atoms with van der Waals surface area (Å²) in [6.45, 7) is 2.82. The number of carbonyl (C=O) groups is 1. The predicted molar refractivity (Wildman–Crippen MR) is 88.0 cm³/mol. The van der Waals surface area contributed by atoms with Crippen LogP contribution in [0, 0.1) is 0 Å². The molecule has 1 aliphatic heterocycles. The molecule has 1 atom stereocenters. The molecule has 0 unspecified atom stereocenters. The van der Waals surface area contributed by atoms with Gasteiger partial charge in [0, 0.05) is 30.4 Å². The molecule has 22 heavy (non-hydrogen) atoms. The van der Waals surface area contributed by atoms with Crippen molar-refractivity contribution >= 4 is 27.3 Å². The SMILES string of the molecule is NS(=O)(=O)CCCC(=O)N[C@@H]1CCCN(Cc2cccs2)C1. The summed E-state index contributed by atoms with van der Waals surface area (Å²) in [7, 11) is -3.48. The molecule has 0 bridgehead atoms. The van der Waals surface area contributed by atoms with Gasteiger partial charge in [0.2, 0.25) is 15.9 Å². The van der Waals surface area contributed by atoms with Crippen molar-refractivity contribution < 1.29 is 13.2 Å². The maximum absolute atomic E-state index is 11.9. The Morgan fingerprint density at radius 1 is 1.50 bits per heavy atom. The molecule has 1 aliphatic rings. The molecule has 0 saturated carbocycles. The van der Waals surface area contributed by atoms with E-state index in [9.17, 15) is 13.2 Å². The lowest BCUT2D eigenvalue weighted by Gasteiger charge is -2.32. The summed E-state index contributed by atoms with van der Waals surface area (Å²) in [5, 5.41) is 10.00. The van der Waals surface area contributed by atoms with Gasteiger partial charge in [-0.25, -0.2) is 13.6 Å². The Morgan fingerprint density at radius 2 is 2.32 bits per heavy atom. The number of carbonyl (C=O) groups excluding carboxylic acids is 1. The maximum atomic E-state index is 11.9. The topological polar surface area (TPSA) is 92.5 Å². The van der Waals surface area contributed by atoms with Crippen LogP contribution in [0.15, 0.2) is 17.5 Å². The number of hydrogen-bond donors (Lipinski definition) is 2. The molecular formula is C14H23N3O3S2. The van der Waals surface area contributed by atoms with E-state index in [1.165, 1.54) is 4.88 Å². The van der Waals surface area contributed by atoms with E-state index in [4.69, 9.17) is 5.14 Å². The third-order valence-electron chi connectivity index (χ3n) is 3.66. The Morgan fingerprint density at radius 3 is 3.00 bits per heavy atom. The van der Waals surface area contributed by atoms with Gasteiger partial charge in [0.25, 0.3) is 0 Å². The first-order chi connectivity index (χ1) is 10.4. The molecule has 2 rings (SSSR count). The van der Waals surface area contributed by atoms with E-state index in [-0.39, 0.29) is 30.5 Å². The molecule has 1 aromatic rings. The Hall–Kier alpha value is -0.960. The average Bonchev–Trinajstić information content (AvgIpc) is 2.90. The summed E-state index contributed by atoms with van der Waals surface area (Å²) >= 11 is 1.75. The first kappa shape index (κ1) is 17.4. The summed E-state index contributed by atoms with van der Waals surface area (Å²) in [4.78, 5) is 15.5.